The van der Waals surface area contributed by atoms with Crippen molar-refractivity contribution in [1.29, 1.82) is 0 Å². The topological polar surface area (TPSA) is 95.5 Å². The van der Waals surface area contributed by atoms with Crippen LogP contribution in [0.3, 0.4) is 0 Å². The van der Waals surface area contributed by atoms with Crippen LogP contribution in [0.15, 0.2) is 42.5 Å². The summed E-state index contributed by atoms with van der Waals surface area (Å²) in [6, 6.07) is 12.3. The monoisotopic (exact) mass is 352 g/mol. The Labute approximate surface area is 151 Å². The van der Waals surface area contributed by atoms with E-state index in [0.29, 0.717) is 24.1 Å². The predicted molar refractivity (Wildman–Crippen MR) is 98.3 cm³/mol. The largest absolute Gasteiger partial charge is 0.478 e. The molecule has 1 aliphatic rings. The van der Waals surface area contributed by atoms with Crippen LogP contribution in [0.1, 0.15) is 34.3 Å². The SMILES string of the molecule is Cc1cc(NC(=O)CCC2Cc3ccccc3NC2=O)ccc1C(=O)O. The maximum atomic E-state index is 12.2. The number of amides is 2. The number of aryl methyl sites for hydroxylation is 1. The standard InChI is InChI=1S/C20H20N2O4/c1-12-10-15(7-8-16(12)20(25)26)21-18(23)9-6-14-11-13-4-2-3-5-17(13)22-19(14)24/h2-5,7-8,10,14H,6,9,11H2,1H3,(H,21,23)(H,22,24)(H,25,26). The predicted octanol–water partition coefficient (Wildman–Crippen LogP) is 3.22. The van der Waals surface area contributed by atoms with Crippen molar-refractivity contribution in [3.63, 3.8) is 0 Å². The first-order chi connectivity index (χ1) is 12.4. The number of rotatable bonds is 5. The quantitative estimate of drug-likeness (QED) is 0.770. The van der Waals surface area contributed by atoms with Crippen molar-refractivity contribution >= 4 is 29.2 Å². The highest BCUT2D eigenvalue weighted by atomic mass is 16.4. The van der Waals surface area contributed by atoms with E-state index in [-0.39, 0.29) is 29.7 Å². The van der Waals surface area contributed by atoms with Gasteiger partial charge in [-0.3, -0.25) is 9.59 Å². The normalized spacial score (nSPS) is 15.7. The lowest BCUT2D eigenvalue weighted by Crippen LogP contribution is -2.30. The summed E-state index contributed by atoms with van der Waals surface area (Å²) in [5.74, 6) is -1.48. The average molecular weight is 352 g/mol. The molecule has 1 aliphatic heterocycles. The second-order valence-corrected chi connectivity index (χ2v) is 6.47. The maximum Gasteiger partial charge on any atom is 0.335 e. The molecule has 0 aromatic heterocycles. The molecule has 0 bridgehead atoms. The molecule has 1 atom stereocenters. The number of carbonyl (C=O) groups is 3. The number of benzene rings is 2. The molecule has 0 spiro atoms. The summed E-state index contributed by atoms with van der Waals surface area (Å²) in [6.45, 7) is 1.68. The Bertz CT molecular complexity index is 876. The van der Waals surface area contributed by atoms with Crippen molar-refractivity contribution in [3.05, 3.63) is 59.2 Å². The molecule has 0 saturated carbocycles. The number of anilines is 2. The summed E-state index contributed by atoms with van der Waals surface area (Å²) in [5.41, 5.74) is 3.26. The minimum absolute atomic E-state index is 0.0573. The van der Waals surface area contributed by atoms with Gasteiger partial charge < -0.3 is 15.7 Å². The van der Waals surface area contributed by atoms with E-state index in [1.807, 2.05) is 24.3 Å². The molecule has 2 amide bonds. The highest BCUT2D eigenvalue weighted by Gasteiger charge is 2.26. The van der Waals surface area contributed by atoms with Crippen molar-refractivity contribution in [1.82, 2.24) is 0 Å². The third-order valence-corrected chi connectivity index (χ3v) is 4.57. The number of fused-ring (bicyclic) bond motifs is 1. The van der Waals surface area contributed by atoms with Crippen LogP contribution >= 0.6 is 0 Å². The number of nitrogens with one attached hydrogen (secondary N) is 2. The van der Waals surface area contributed by atoms with Gasteiger partial charge in [0.1, 0.15) is 0 Å². The van der Waals surface area contributed by atoms with Crippen molar-refractivity contribution in [3.8, 4) is 0 Å². The molecule has 2 aromatic carbocycles. The second-order valence-electron chi connectivity index (χ2n) is 6.47. The summed E-state index contributed by atoms with van der Waals surface area (Å²) < 4.78 is 0. The Kier molecular flexibility index (Phi) is 5.02. The average Bonchev–Trinajstić information content (AvgIpc) is 2.59. The molecule has 6 heteroatoms. The van der Waals surface area contributed by atoms with Gasteiger partial charge in [-0.1, -0.05) is 18.2 Å². The summed E-state index contributed by atoms with van der Waals surface area (Å²) in [6.07, 6.45) is 1.31. The van der Waals surface area contributed by atoms with Crippen LogP contribution < -0.4 is 10.6 Å². The minimum Gasteiger partial charge on any atom is -0.478 e. The van der Waals surface area contributed by atoms with E-state index < -0.39 is 5.97 Å². The first kappa shape index (κ1) is 17.7. The molecule has 0 radical (unpaired) electrons. The van der Waals surface area contributed by atoms with Gasteiger partial charge in [0.05, 0.1) is 5.56 Å². The molecule has 1 heterocycles. The molecule has 2 aromatic rings. The minimum atomic E-state index is -0.996. The number of hydrogen-bond donors (Lipinski definition) is 3. The van der Waals surface area contributed by atoms with Crippen LogP contribution in [0.4, 0.5) is 11.4 Å². The molecule has 3 N–H and O–H groups in total. The lowest BCUT2D eigenvalue weighted by atomic mass is 9.89. The summed E-state index contributed by atoms with van der Waals surface area (Å²) in [4.78, 5) is 35.4. The third kappa shape index (κ3) is 3.91. The van der Waals surface area contributed by atoms with E-state index in [4.69, 9.17) is 5.11 Å². The fraction of sp³-hybridized carbons (Fsp3) is 0.250. The number of carboxylic acid groups (broad SMARTS) is 1. The van der Waals surface area contributed by atoms with Crippen LogP contribution in [0.25, 0.3) is 0 Å². The smallest absolute Gasteiger partial charge is 0.335 e. The van der Waals surface area contributed by atoms with Gasteiger partial charge in [-0.2, -0.15) is 0 Å². The second kappa shape index (κ2) is 7.39. The van der Waals surface area contributed by atoms with Gasteiger partial charge in [0.2, 0.25) is 11.8 Å². The van der Waals surface area contributed by atoms with Gasteiger partial charge >= 0.3 is 5.97 Å². The van der Waals surface area contributed by atoms with Crippen molar-refractivity contribution in [2.24, 2.45) is 5.92 Å². The number of carboxylic acids is 1. The molecule has 1 unspecified atom stereocenters. The fourth-order valence-corrected chi connectivity index (χ4v) is 3.16. The molecule has 0 fully saturated rings. The van der Waals surface area contributed by atoms with E-state index >= 15 is 0 Å². The lowest BCUT2D eigenvalue weighted by Gasteiger charge is -2.24. The van der Waals surface area contributed by atoms with Crippen LogP contribution in [-0.2, 0) is 16.0 Å². The molecule has 0 aliphatic carbocycles. The fourth-order valence-electron chi connectivity index (χ4n) is 3.16. The van der Waals surface area contributed by atoms with Crippen LogP contribution in [-0.4, -0.2) is 22.9 Å². The Morgan fingerprint density at radius 2 is 2.00 bits per heavy atom. The number of para-hydroxylation sites is 1. The third-order valence-electron chi connectivity index (χ3n) is 4.57. The van der Waals surface area contributed by atoms with Gasteiger partial charge in [-0.05, 0) is 55.2 Å². The Balaban J connectivity index is 1.57. The number of hydrogen-bond acceptors (Lipinski definition) is 3. The Morgan fingerprint density at radius 3 is 2.73 bits per heavy atom. The van der Waals surface area contributed by atoms with E-state index in [0.717, 1.165) is 11.3 Å². The molecule has 0 saturated heterocycles. The molecular formula is C20H20N2O4. The highest BCUT2D eigenvalue weighted by molar-refractivity contribution is 5.97. The van der Waals surface area contributed by atoms with Gasteiger partial charge in [0.15, 0.2) is 0 Å². The van der Waals surface area contributed by atoms with E-state index in [9.17, 15) is 14.4 Å². The Hall–Kier alpha value is -3.15. The lowest BCUT2D eigenvalue weighted by molar-refractivity contribution is -0.121. The zero-order valence-corrected chi connectivity index (χ0v) is 14.4. The molecular weight excluding hydrogens is 332 g/mol. The maximum absolute atomic E-state index is 12.2. The van der Waals surface area contributed by atoms with Gasteiger partial charge in [0.25, 0.3) is 0 Å². The van der Waals surface area contributed by atoms with Crippen molar-refractivity contribution in [2.45, 2.75) is 26.2 Å². The van der Waals surface area contributed by atoms with Gasteiger partial charge in [0, 0.05) is 23.7 Å². The molecule has 134 valence electrons. The van der Waals surface area contributed by atoms with Crippen LogP contribution in [0, 0.1) is 12.8 Å². The van der Waals surface area contributed by atoms with Crippen molar-refractivity contribution < 1.29 is 19.5 Å². The summed E-state index contributed by atoms with van der Waals surface area (Å²) >= 11 is 0. The number of aromatic carboxylic acids is 1. The first-order valence-corrected chi connectivity index (χ1v) is 8.46. The van der Waals surface area contributed by atoms with E-state index in [2.05, 4.69) is 10.6 Å². The van der Waals surface area contributed by atoms with Crippen molar-refractivity contribution in [2.75, 3.05) is 10.6 Å². The zero-order valence-electron chi connectivity index (χ0n) is 14.4. The summed E-state index contributed by atoms with van der Waals surface area (Å²) in [7, 11) is 0. The van der Waals surface area contributed by atoms with Crippen LogP contribution in [0.5, 0.6) is 0 Å². The van der Waals surface area contributed by atoms with Crippen LogP contribution in [0.2, 0.25) is 0 Å². The Morgan fingerprint density at radius 1 is 1.23 bits per heavy atom. The number of carbonyl (C=O) groups excluding carboxylic acids is 2. The zero-order chi connectivity index (χ0) is 18.7. The molecule has 6 nitrogen and oxygen atoms in total. The first-order valence-electron chi connectivity index (χ1n) is 8.46. The van der Waals surface area contributed by atoms with Gasteiger partial charge in [-0.25, -0.2) is 4.79 Å². The molecule has 3 rings (SSSR count). The van der Waals surface area contributed by atoms with Gasteiger partial charge in [-0.15, -0.1) is 0 Å². The van der Waals surface area contributed by atoms with E-state index in [1.54, 1.807) is 19.1 Å². The van der Waals surface area contributed by atoms with E-state index in [1.165, 1.54) is 6.07 Å². The summed E-state index contributed by atoms with van der Waals surface area (Å²) in [5, 5.41) is 14.7. The highest BCUT2D eigenvalue weighted by Crippen LogP contribution is 2.27. The molecule has 26 heavy (non-hydrogen) atoms.